The zero-order valence-electron chi connectivity index (χ0n) is 17.5. The largest absolute Gasteiger partial charge is 0.457 e. The molecule has 3 aromatic rings. The number of para-hydroxylation sites is 2. The second-order valence-corrected chi connectivity index (χ2v) is 8.20. The number of nitrogens with zero attached hydrogens (tertiary/aromatic N) is 1. The van der Waals surface area contributed by atoms with Crippen LogP contribution in [0.25, 0.3) is 6.08 Å². The molecule has 1 amide bonds. The number of carbonyl (C=O) groups is 1. The van der Waals surface area contributed by atoms with Crippen LogP contribution in [0.1, 0.15) is 22.6 Å². The second-order valence-electron chi connectivity index (χ2n) is 8.20. The molecule has 1 saturated heterocycles. The van der Waals surface area contributed by atoms with E-state index in [1.54, 1.807) is 0 Å². The molecule has 2 aliphatic heterocycles. The molecule has 2 heterocycles. The van der Waals surface area contributed by atoms with Gasteiger partial charge < -0.3 is 14.5 Å². The molecular weight excluding hydrogens is 384 g/mol. The third-order valence-electron chi connectivity index (χ3n) is 6.23. The summed E-state index contributed by atoms with van der Waals surface area (Å²) in [5.41, 5.74) is 3.16. The average molecular weight is 412 g/mol. The van der Waals surface area contributed by atoms with Crippen molar-refractivity contribution in [2.24, 2.45) is 0 Å². The summed E-state index contributed by atoms with van der Waals surface area (Å²) in [7, 11) is 0. The summed E-state index contributed by atoms with van der Waals surface area (Å²) >= 11 is 0. The quantitative estimate of drug-likeness (QED) is 0.714. The molecule has 0 saturated carbocycles. The van der Waals surface area contributed by atoms with Crippen molar-refractivity contribution in [3.63, 3.8) is 0 Å². The van der Waals surface area contributed by atoms with E-state index < -0.39 is 0 Å². The Bertz CT molecular complexity index is 1040. The van der Waals surface area contributed by atoms with Crippen LogP contribution < -0.4 is 9.64 Å². The van der Waals surface area contributed by atoms with Crippen molar-refractivity contribution < 1.29 is 14.4 Å². The predicted molar refractivity (Wildman–Crippen MR) is 122 cm³/mol. The predicted octanol–water partition coefficient (Wildman–Crippen LogP) is 3.36. The zero-order valence-corrected chi connectivity index (χ0v) is 17.5. The van der Waals surface area contributed by atoms with Crippen LogP contribution in [0, 0.1) is 0 Å². The molecule has 0 bridgehead atoms. The van der Waals surface area contributed by atoms with Gasteiger partial charge in [-0.1, -0.05) is 72.8 Å². The number of fused-ring (bicyclic) bond motifs is 2. The van der Waals surface area contributed by atoms with Crippen molar-refractivity contribution in [1.82, 2.24) is 4.90 Å². The summed E-state index contributed by atoms with van der Waals surface area (Å²) in [6, 6.07) is 26.2. The number of ether oxygens (including phenoxy) is 1. The topological polar surface area (TPSA) is 34.0 Å². The van der Waals surface area contributed by atoms with Crippen molar-refractivity contribution in [2.45, 2.75) is 5.92 Å². The van der Waals surface area contributed by atoms with Crippen LogP contribution in [-0.2, 0) is 4.79 Å². The lowest BCUT2D eigenvalue weighted by molar-refractivity contribution is -0.898. The molecular formula is C27H27N2O2+. The summed E-state index contributed by atoms with van der Waals surface area (Å²) in [6.07, 6.45) is 4.42. The minimum Gasteiger partial charge on any atom is -0.457 e. The smallest absolute Gasteiger partial charge is 0.235 e. The van der Waals surface area contributed by atoms with Crippen LogP contribution in [0.4, 0.5) is 0 Å². The van der Waals surface area contributed by atoms with E-state index >= 15 is 0 Å². The van der Waals surface area contributed by atoms with Crippen molar-refractivity contribution in [3.8, 4) is 11.5 Å². The number of carbonyl (C=O) groups excluding carboxylic acids is 1. The number of rotatable bonds is 4. The monoisotopic (exact) mass is 411 g/mol. The molecule has 156 valence electrons. The van der Waals surface area contributed by atoms with Gasteiger partial charge in [-0.25, -0.2) is 0 Å². The van der Waals surface area contributed by atoms with Gasteiger partial charge in [0.2, 0.25) is 5.91 Å². The van der Waals surface area contributed by atoms with Gasteiger partial charge in [-0.15, -0.1) is 0 Å². The Balaban J connectivity index is 1.26. The zero-order chi connectivity index (χ0) is 21.0. The normalized spacial score (nSPS) is 16.6. The van der Waals surface area contributed by atoms with Crippen LogP contribution in [0.15, 0.2) is 84.9 Å². The molecule has 5 rings (SSSR count). The highest BCUT2D eigenvalue weighted by molar-refractivity contribution is 5.89. The molecule has 4 heteroatoms. The van der Waals surface area contributed by atoms with Gasteiger partial charge in [0.25, 0.3) is 0 Å². The Morgan fingerprint density at radius 2 is 1.45 bits per heavy atom. The summed E-state index contributed by atoms with van der Waals surface area (Å²) in [6.45, 7) is 4.50. The maximum absolute atomic E-state index is 13.6. The fourth-order valence-corrected chi connectivity index (χ4v) is 4.53. The van der Waals surface area contributed by atoms with Gasteiger partial charge in [0, 0.05) is 11.1 Å². The van der Waals surface area contributed by atoms with Crippen molar-refractivity contribution >= 4 is 12.0 Å². The van der Waals surface area contributed by atoms with Gasteiger partial charge >= 0.3 is 0 Å². The molecule has 0 atom stereocenters. The average Bonchev–Trinajstić information content (AvgIpc) is 2.83. The van der Waals surface area contributed by atoms with Crippen molar-refractivity contribution in [1.29, 1.82) is 0 Å². The lowest BCUT2D eigenvalue weighted by Gasteiger charge is -2.36. The van der Waals surface area contributed by atoms with Gasteiger partial charge in [-0.2, -0.15) is 0 Å². The van der Waals surface area contributed by atoms with Crippen molar-refractivity contribution in [2.75, 3.05) is 32.7 Å². The first-order valence-electron chi connectivity index (χ1n) is 11.0. The fraction of sp³-hybridized carbons (Fsp3) is 0.222. The summed E-state index contributed by atoms with van der Waals surface area (Å²) < 4.78 is 6.06. The first kappa shape index (κ1) is 19.6. The number of hydrogen-bond donors (Lipinski definition) is 1. The van der Waals surface area contributed by atoms with Crippen LogP contribution in [0.5, 0.6) is 11.5 Å². The Morgan fingerprint density at radius 3 is 2.10 bits per heavy atom. The second kappa shape index (κ2) is 8.78. The van der Waals surface area contributed by atoms with E-state index in [-0.39, 0.29) is 11.8 Å². The Morgan fingerprint density at radius 1 is 0.871 bits per heavy atom. The minimum absolute atomic E-state index is 0.182. The highest BCUT2D eigenvalue weighted by atomic mass is 16.5. The number of benzene rings is 3. The number of piperazine rings is 1. The van der Waals surface area contributed by atoms with Gasteiger partial charge in [0.1, 0.15) is 11.5 Å². The van der Waals surface area contributed by atoms with Crippen LogP contribution >= 0.6 is 0 Å². The van der Waals surface area contributed by atoms with Crippen LogP contribution in [0.3, 0.4) is 0 Å². The maximum Gasteiger partial charge on any atom is 0.235 e. The molecule has 31 heavy (non-hydrogen) atoms. The molecule has 3 aromatic carbocycles. The molecule has 4 nitrogen and oxygen atoms in total. The maximum atomic E-state index is 13.6. The van der Waals surface area contributed by atoms with Gasteiger partial charge in [-0.3, -0.25) is 4.79 Å². The summed E-state index contributed by atoms with van der Waals surface area (Å²) in [5.74, 6) is 1.47. The number of nitrogens with one attached hydrogen (secondary N) is 1. The Labute approximate surface area is 183 Å². The molecule has 2 aliphatic rings. The van der Waals surface area contributed by atoms with Gasteiger partial charge in [-0.05, 0) is 23.8 Å². The molecule has 0 radical (unpaired) electrons. The van der Waals surface area contributed by atoms with E-state index in [1.807, 2.05) is 59.5 Å². The highest BCUT2D eigenvalue weighted by Crippen LogP contribution is 2.44. The molecule has 0 aliphatic carbocycles. The van der Waals surface area contributed by atoms with E-state index in [2.05, 4.69) is 36.4 Å². The third-order valence-corrected chi connectivity index (χ3v) is 6.23. The first-order valence-corrected chi connectivity index (χ1v) is 11.0. The minimum atomic E-state index is -0.291. The lowest BCUT2D eigenvalue weighted by atomic mass is 9.86. The summed E-state index contributed by atoms with van der Waals surface area (Å²) in [4.78, 5) is 17.2. The molecule has 0 unspecified atom stereocenters. The van der Waals surface area contributed by atoms with E-state index in [9.17, 15) is 4.79 Å². The van der Waals surface area contributed by atoms with E-state index in [1.165, 1.54) is 10.5 Å². The standard InChI is InChI=1S/C27H26N2O2/c30-27(26-22-12-4-6-14-24(22)31-25-15-7-5-13-23(25)26)29-19-17-28(18-20-29)16-8-11-21-9-2-1-3-10-21/h1-15,26H,16-20H2/p+1. The van der Waals surface area contributed by atoms with Gasteiger partial charge in [0.15, 0.2) is 0 Å². The fourth-order valence-electron chi connectivity index (χ4n) is 4.53. The van der Waals surface area contributed by atoms with Gasteiger partial charge in [0.05, 0.1) is 38.6 Å². The number of hydrogen-bond acceptors (Lipinski definition) is 2. The molecule has 0 aromatic heterocycles. The van der Waals surface area contributed by atoms with Crippen LogP contribution in [0.2, 0.25) is 0 Å². The SMILES string of the molecule is O=C(C1c2ccccc2Oc2ccccc21)N1CC[NH+](CC=Cc2ccccc2)CC1. The van der Waals surface area contributed by atoms with E-state index in [0.29, 0.717) is 0 Å². The molecule has 1 N–H and O–H groups in total. The molecule has 0 spiro atoms. The number of amides is 1. The van der Waals surface area contributed by atoms with E-state index in [4.69, 9.17) is 4.74 Å². The molecule has 1 fully saturated rings. The van der Waals surface area contributed by atoms with E-state index in [0.717, 1.165) is 55.3 Å². The lowest BCUT2D eigenvalue weighted by Crippen LogP contribution is -3.14. The van der Waals surface area contributed by atoms with Crippen molar-refractivity contribution in [3.05, 3.63) is 102 Å². The first-order chi connectivity index (χ1) is 15.3. The third kappa shape index (κ3) is 4.12. The Hall–Kier alpha value is -3.37. The summed E-state index contributed by atoms with van der Waals surface area (Å²) in [5, 5.41) is 0. The number of quaternary nitrogens is 1. The Kier molecular flexibility index (Phi) is 5.55. The van der Waals surface area contributed by atoms with Crippen LogP contribution in [-0.4, -0.2) is 43.5 Å². The highest BCUT2D eigenvalue weighted by Gasteiger charge is 2.36.